The van der Waals surface area contributed by atoms with Crippen LogP contribution in [0.15, 0.2) is 42.2 Å². The van der Waals surface area contributed by atoms with E-state index in [1.54, 1.807) is 29.4 Å². The summed E-state index contributed by atoms with van der Waals surface area (Å²) in [6.07, 6.45) is 3.12. The Morgan fingerprint density at radius 3 is 2.73 bits per heavy atom. The summed E-state index contributed by atoms with van der Waals surface area (Å²) >= 11 is 5.63. The maximum Gasteiger partial charge on any atom is 0.175 e. The smallest absolute Gasteiger partial charge is 0.175 e. The summed E-state index contributed by atoms with van der Waals surface area (Å²) < 4.78 is 0. The molecule has 0 saturated carbocycles. The second-order valence-electron chi connectivity index (χ2n) is 2.76. The molecule has 1 aromatic heterocycles. The van der Waals surface area contributed by atoms with Crippen LogP contribution in [0.1, 0.15) is 6.92 Å². The molecule has 0 aliphatic carbocycles. The van der Waals surface area contributed by atoms with Crippen molar-refractivity contribution >= 4 is 23.6 Å². The Bertz CT molecular complexity index is 383. The molecule has 4 nitrogen and oxygen atoms in total. The Morgan fingerprint density at radius 1 is 1.53 bits per heavy atom. The van der Waals surface area contributed by atoms with E-state index >= 15 is 0 Å². The first-order chi connectivity index (χ1) is 7.15. The van der Waals surface area contributed by atoms with Crippen molar-refractivity contribution in [2.24, 2.45) is 5.10 Å². The van der Waals surface area contributed by atoms with Crippen LogP contribution in [0.4, 0.5) is 5.82 Å². The van der Waals surface area contributed by atoms with Gasteiger partial charge in [0.05, 0.1) is 0 Å². The monoisotopic (exact) mass is 222 g/mol. The normalized spacial score (nSPS) is 10.3. The van der Waals surface area contributed by atoms with Crippen LogP contribution in [0.3, 0.4) is 0 Å². The first-order valence-corrected chi connectivity index (χ1v) is 4.63. The summed E-state index contributed by atoms with van der Waals surface area (Å²) in [4.78, 5) is 0. The molecule has 1 heterocycles. The van der Waals surface area contributed by atoms with Crippen LogP contribution in [0, 0.1) is 0 Å². The maximum absolute atomic E-state index is 5.63. The van der Waals surface area contributed by atoms with Gasteiger partial charge in [0.1, 0.15) is 0 Å². The number of nitrogens with zero attached hydrogens (tertiary/aromatic N) is 4. The highest BCUT2D eigenvalue weighted by Crippen LogP contribution is 2.15. The van der Waals surface area contributed by atoms with Crippen LogP contribution in [0.2, 0.25) is 5.15 Å². The molecule has 1 aromatic rings. The number of hydrogen-bond donors (Lipinski definition) is 0. The summed E-state index contributed by atoms with van der Waals surface area (Å²) in [5.74, 6) is 0.560. The first kappa shape index (κ1) is 11.4. The van der Waals surface area contributed by atoms with Gasteiger partial charge in [0, 0.05) is 11.9 Å². The fourth-order valence-corrected chi connectivity index (χ4v) is 0.990. The highest BCUT2D eigenvalue weighted by atomic mass is 35.5. The molecule has 78 valence electrons. The largest absolute Gasteiger partial charge is 0.219 e. The van der Waals surface area contributed by atoms with Crippen LogP contribution in [0.5, 0.6) is 0 Å². The van der Waals surface area contributed by atoms with Gasteiger partial charge in [-0.25, -0.2) is 5.01 Å². The molecule has 1 rings (SSSR count). The Balaban J connectivity index is 2.98. The van der Waals surface area contributed by atoms with Crippen LogP contribution in [-0.4, -0.2) is 16.4 Å². The topological polar surface area (TPSA) is 41.4 Å². The van der Waals surface area contributed by atoms with Crippen LogP contribution in [-0.2, 0) is 0 Å². The van der Waals surface area contributed by atoms with Gasteiger partial charge >= 0.3 is 0 Å². The Hall–Kier alpha value is -1.68. The first-order valence-electron chi connectivity index (χ1n) is 4.25. The molecule has 5 heteroatoms. The van der Waals surface area contributed by atoms with Crippen molar-refractivity contribution in [1.29, 1.82) is 0 Å². The number of halogens is 1. The van der Waals surface area contributed by atoms with Crippen molar-refractivity contribution in [1.82, 2.24) is 10.2 Å². The minimum atomic E-state index is 0.341. The number of anilines is 1. The molecule has 0 spiro atoms. The molecule has 0 unspecified atom stereocenters. The minimum absolute atomic E-state index is 0.341. The predicted molar refractivity (Wildman–Crippen MR) is 63.0 cm³/mol. The van der Waals surface area contributed by atoms with Crippen molar-refractivity contribution in [2.75, 3.05) is 5.01 Å². The lowest BCUT2D eigenvalue weighted by atomic mass is 10.4. The van der Waals surface area contributed by atoms with Crippen molar-refractivity contribution in [2.45, 2.75) is 6.92 Å². The molecule has 0 atom stereocenters. The molecule has 0 amide bonds. The fraction of sp³-hybridized carbons (Fsp3) is 0.100. The predicted octanol–water partition coefficient (Wildman–Crippen LogP) is 2.64. The molecule has 0 aliphatic rings. The second-order valence-corrected chi connectivity index (χ2v) is 3.15. The van der Waals surface area contributed by atoms with Crippen LogP contribution < -0.4 is 5.01 Å². The third-order valence-corrected chi connectivity index (χ3v) is 1.69. The number of hydrogen-bond acceptors (Lipinski definition) is 4. The average molecular weight is 223 g/mol. The van der Waals surface area contributed by atoms with E-state index in [0.717, 1.165) is 5.70 Å². The van der Waals surface area contributed by atoms with Gasteiger partial charge in [0.15, 0.2) is 11.0 Å². The van der Waals surface area contributed by atoms with E-state index < -0.39 is 0 Å². The van der Waals surface area contributed by atoms with Crippen molar-refractivity contribution in [3.8, 4) is 0 Å². The minimum Gasteiger partial charge on any atom is -0.219 e. The average Bonchev–Trinajstić information content (AvgIpc) is 2.21. The highest BCUT2D eigenvalue weighted by Gasteiger charge is 2.06. The fourth-order valence-electron chi connectivity index (χ4n) is 0.889. The van der Waals surface area contributed by atoms with E-state index in [1.807, 2.05) is 6.92 Å². The molecule has 0 aliphatic heterocycles. The number of aromatic nitrogens is 2. The van der Waals surface area contributed by atoms with E-state index in [9.17, 15) is 0 Å². The molecule has 0 fully saturated rings. The van der Waals surface area contributed by atoms with Crippen molar-refractivity contribution in [3.05, 3.63) is 42.2 Å². The summed E-state index contributed by atoms with van der Waals surface area (Å²) in [5, 5.41) is 13.6. The van der Waals surface area contributed by atoms with Gasteiger partial charge in [0.25, 0.3) is 0 Å². The van der Waals surface area contributed by atoms with Crippen molar-refractivity contribution < 1.29 is 0 Å². The molecule has 0 radical (unpaired) electrons. The van der Waals surface area contributed by atoms with Crippen LogP contribution >= 0.6 is 11.6 Å². The Morgan fingerprint density at radius 2 is 2.27 bits per heavy atom. The van der Waals surface area contributed by atoms with Gasteiger partial charge in [-0.2, -0.15) is 5.10 Å². The highest BCUT2D eigenvalue weighted by molar-refractivity contribution is 6.29. The van der Waals surface area contributed by atoms with E-state index in [1.165, 1.54) is 0 Å². The molecular weight excluding hydrogens is 212 g/mol. The standard InChI is InChI=1S/C10H11ClN4/c1-4-7-12-15(8(2)3)10-6-5-9(11)13-14-10/h4-7H,1-2H2,3H3/b12-7-. The number of hydrazone groups is 1. The molecular formula is C10H11ClN4. The molecule has 0 N–H and O–H groups in total. The molecule has 0 saturated heterocycles. The molecule has 15 heavy (non-hydrogen) atoms. The van der Waals surface area contributed by atoms with Gasteiger partial charge in [-0.3, -0.25) is 0 Å². The third kappa shape index (κ3) is 3.18. The van der Waals surface area contributed by atoms with E-state index in [-0.39, 0.29) is 0 Å². The van der Waals surface area contributed by atoms with E-state index in [4.69, 9.17) is 11.6 Å². The summed E-state index contributed by atoms with van der Waals surface area (Å²) in [6, 6.07) is 3.35. The van der Waals surface area contributed by atoms with E-state index in [2.05, 4.69) is 28.5 Å². The van der Waals surface area contributed by atoms with E-state index in [0.29, 0.717) is 11.0 Å². The lowest BCUT2D eigenvalue weighted by Crippen LogP contribution is -2.14. The summed E-state index contributed by atoms with van der Waals surface area (Å²) in [5.41, 5.74) is 0.727. The zero-order valence-electron chi connectivity index (χ0n) is 8.39. The van der Waals surface area contributed by atoms with Gasteiger partial charge in [-0.05, 0) is 25.1 Å². The summed E-state index contributed by atoms with van der Waals surface area (Å²) in [7, 11) is 0. The zero-order chi connectivity index (χ0) is 11.3. The van der Waals surface area contributed by atoms with Crippen LogP contribution in [0.25, 0.3) is 0 Å². The molecule has 0 bridgehead atoms. The van der Waals surface area contributed by atoms with Gasteiger partial charge in [-0.15, -0.1) is 10.2 Å². The second kappa shape index (κ2) is 5.26. The lowest BCUT2D eigenvalue weighted by Gasteiger charge is -2.16. The zero-order valence-corrected chi connectivity index (χ0v) is 9.15. The quantitative estimate of drug-likeness (QED) is 0.581. The Labute approximate surface area is 93.6 Å². The maximum atomic E-state index is 5.63. The third-order valence-electron chi connectivity index (χ3n) is 1.48. The summed E-state index contributed by atoms with van der Waals surface area (Å²) in [6.45, 7) is 9.14. The number of allylic oxidation sites excluding steroid dienone is 2. The Kier molecular flexibility index (Phi) is 4.00. The van der Waals surface area contributed by atoms with Gasteiger partial charge in [0.2, 0.25) is 0 Å². The van der Waals surface area contributed by atoms with Gasteiger partial charge < -0.3 is 0 Å². The van der Waals surface area contributed by atoms with Crippen molar-refractivity contribution in [3.63, 3.8) is 0 Å². The lowest BCUT2D eigenvalue weighted by molar-refractivity contribution is 0.917. The number of rotatable bonds is 4. The SMILES string of the molecule is C=C/C=N\N(C(=C)C)c1ccc(Cl)nn1. The molecule has 0 aromatic carbocycles. The van der Waals surface area contributed by atoms with Gasteiger partial charge in [-0.1, -0.05) is 24.8 Å².